The summed E-state index contributed by atoms with van der Waals surface area (Å²) in [5.74, 6) is 2.73. The molecule has 0 bridgehead atoms. The van der Waals surface area contributed by atoms with Crippen LogP contribution in [0.15, 0.2) is 286 Å². The van der Waals surface area contributed by atoms with Crippen LogP contribution in [0.25, 0.3) is 22.6 Å². The fraction of sp³-hybridized carbons (Fsp3) is 0.231. The van der Waals surface area contributed by atoms with Gasteiger partial charge in [-0.1, -0.05) is 97.1 Å². The Morgan fingerprint density at radius 1 is 0.442 bits per heavy atom. The van der Waals surface area contributed by atoms with Crippen molar-refractivity contribution in [3.8, 4) is 68.9 Å². The molecule has 0 atom stereocenters. The fourth-order valence-electron chi connectivity index (χ4n) is 11.9. The molecule has 0 amide bonds. The van der Waals surface area contributed by atoms with Crippen LogP contribution in [-0.4, -0.2) is 148 Å². The molecule has 0 fully saturated rings. The molecule has 138 heavy (non-hydrogen) atoms. The molecule has 0 radical (unpaired) electrons. The summed E-state index contributed by atoms with van der Waals surface area (Å²) in [6.45, 7) is 19.1. The van der Waals surface area contributed by atoms with Crippen molar-refractivity contribution in [1.29, 1.82) is 0 Å². The maximum absolute atomic E-state index is 11.7. The first-order chi connectivity index (χ1) is 65.5. The number of pyridine rings is 2. The predicted octanol–water partition coefficient (Wildman–Crippen LogP) is 14.0. The number of aromatic carboxylic acids is 1. The number of rotatable bonds is 31. The van der Waals surface area contributed by atoms with Crippen LogP contribution in [0.4, 0.5) is 5.82 Å². The summed E-state index contributed by atoms with van der Waals surface area (Å²) in [7, 11) is 3.42. The van der Waals surface area contributed by atoms with Gasteiger partial charge in [-0.05, 0) is 267 Å². The van der Waals surface area contributed by atoms with Gasteiger partial charge >= 0.3 is 127 Å². The van der Waals surface area contributed by atoms with Crippen LogP contribution >= 0.6 is 53.3 Å². The van der Waals surface area contributed by atoms with Gasteiger partial charge in [0.25, 0.3) is 6.47 Å². The maximum Gasteiger partial charge on any atom is 1.00 e. The van der Waals surface area contributed by atoms with E-state index in [1.807, 2.05) is 127 Å². The van der Waals surface area contributed by atoms with Crippen LogP contribution in [0, 0.1) is 6.92 Å². The number of nitrogens with zero attached hydrogens (tertiary/aromatic N) is 3. The molecule has 27 nitrogen and oxygen atoms in total. The molecule has 0 saturated carbocycles. The molecule has 8 N–H and O–H groups in total. The minimum absolute atomic E-state index is 0. The van der Waals surface area contributed by atoms with Crippen molar-refractivity contribution in [2.24, 2.45) is 0 Å². The predicted molar refractivity (Wildman–Crippen MR) is 537 cm³/mol. The second kappa shape index (κ2) is 65.9. The average Bonchev–Trinajstić information content (AvgIpc) is 1.72. The Kier molecular flexibility index (Phi) is 56.1. The fourth-order valence-corrected chi connectivity index (χ4v) is 17.0. The number of H-pyrrole nitrogens is 1. The number of hydrogen-bond donors (Lipinski definition) is 7. The molecule has 15 rings (SSSR count). The summed E-state index contributed by atoms with van der Waals surface area (Å²) in [5, 5.41) is 74.0. The van der Waals surface area contributed by atoms with Gasteiger partial charge in [0.1, 0.15) is 69.1 Å². The number of esters is 3. The Morgan fingerprint density at radius 3 is 1.12 bits per heavy atom. The zero-order valence-corrected chi connectivity index (χ0v) is 89.8. The molecule has 34 heteroatoms. The van der Waals surface area contributed by atoms with Crippen molar-refractivity contribution in [3.05, 3.63) is 336 Å². The molecular formula is C104H114K2N5O22PS4. The number of phenols is 3. The number of methoxy groups -OCH3 is 3. The molecule has 0 aliphatic carbocycles. The molecule has 718 valence electrons. The van der Waals surface area contributed by atoms with Crippen LogP contribution in [0.5, 0.6) is 57.5 Å². The van der Waals surface area contributed by atoms with Crippen molar-refractivity contribution in [1.82, 2.24) is 19.9 Å². The number of nitrogens with two attached hydrogens (primary N) is 1. The van der Waals surface area contributed by atoms with Crippen LogP contribution in [0.1, 0.15) is 126 Å². The summed E-state index contributed by atoms with van der Waals surface area (Å²) >= 11 is 6.69. The number of anilines is 1. The number of imidazole rings is 1. The van der Waals surface area contributed by atoms with Crippen LogP contribution in [0.3, 0.4) is 0 Å². The number of aliphatic hydroxyl groups excluding tert-OH is 1. The molecule has 8 aromatic carbocycles. The number of ether oxygens (including phenoxy) is 10. The van der Waals surface area contributed by atoms with Crippen LogP contribution in [0.2, 0.25) is 0 Å². The van der Waals surface area contributed by atoms with Crippen molar-refractivity contribution in [3.63, 3.8) is 0 Å². The molecule has 0 aliphatic heterocycles. The number of carboxylic acid groups (broad SMARTS) is 1. The summed E-state index contributed by atoms with van der Waals surface area (Å²) < 4.78 is 53.6. The van der Waals surface area contributed by atoms with E-state index < -0.39 is 31.8 Å². The third kappa shape index (κ3) is 44.9. The van der Waals surface area contributed by atoms with Crippen molar-refractivity contribution in [2.45, 2.75) is 112 Å². The minimum Gasteiger partial charge on any atom is -1.00 e. The zero-order chi connectivity index (χ0) is 98.5. The number of nitrogen functional groups attached to an aromatic ring is 1. The van der Waals surface area contributed by atoms with Gasteiger partial charge in [-0.25, -0.2) is 34.1 Å². The maximum atomic E-state index is 11.7. The third-order valence-electron chi connectivity index (χ3n) is 17.8. The van der Waals surface area contributed by atoms with E-state index in [0.717, 1.165) is 65.7 Å². The first-order valence-electron chi connectivity index (χ1n) is 42.7. The molecule has 0 unspecified atom stereocenters. The number of benzene rings is 8. The molecular weight excluding hydrogens is 1910 g/mol. The zero-order valence-electron chi connectivity index (χ0n) is 80.4. The average molecular weight is 2020 g/mol. The van der Waals surface area contributed by atoms with Gasteiger partial charge < -0.3 is 95.2 Å². The number of aryl methyl sites for hydroxylation is 1. The Balaban J connectivity index is 0.000000337. The smallest absolute Gasteiger partial charge is 1.00 e. The summed E-state index contributed by atoms with van der Waals surface area (Å²) in [4.78, 5) is 72.3. The first-order valence-corrected chi connectivity index (χ1v) is 47.8. The van der Waals surface area contributed by atoms with Gasteiger partial charge in [-0.2, -0.15) is 45.3 Å². The number of hydrogen-bond acceptors (Lipinski definition) is 29. The number of carboxylic acids is 1. The topological polar surface area (TPSA) is 392 Å². The van der Waals surface area contributed by atoms with E-state index in [1.165, 1.54) is 102 Å². The monoisotopic (exact) mass is 2020 g/mol. The number of aliphatic hydroxyl groups is 1. The number of phenolic OH excluding ortho intramolecular Hbond substituents is 3. The van der Waals surface area contributed by atoms with E-state index in [2.05, 4.69) is 170 Å². The van der Waals surface area contributed by atoms with Crippen LogP contribution < -0.4 is 163 Å². The normalized spacial score (nSPS) is 10.1. The van der Waals surface area contributed by atoms with Gasteiger partial charge in [0.05, 0.1) is 93.3 Å². The van der Waals surface area contributed by atoms with Gasteiger partial charge in [-0.3, -0.25) is 4.79 Å². The molecule has 15 aromatic rings. The number of carbonyl (C=O) groups is 5. The second-order valence-corrected chi connectivity index (χ2v) is 35.3. The Labute approximate surface area is 908 Å². The minimum atomic E-state index is -0.994. The van der Waals surface area contributed by atoms with Crippen molar-refractivity contribution in [2.75, 3.05) is 53.5 Å². The number of fused-ring (bicyclic) bond motifs is 1. The Hall–Kier alpha value is -10.9. The number of carbonyl (C=O) groups excluding carboxylic acids is 4. The van der Waals surface area contributed by atoms with Gasteiger partial charge in [0.15, 0.2) is 5.65 Å². The number of aromatic amines is 1. The largest absolute Gasteiger partial charge is 1.00 e. The van der Waals surface area contributed by atoms with E-state index in [1.54, 1.807) is 82.0 Å². The summed E-state index contributed by atoms with van der Waals surface area (Å²) in [5.41, 5.74) is 14.9. The molecule has 0 spiro atoms. The molecule has 0 saturated heterocycles. The second-order valence-electron chi connectivity index (χ2n) is 30.0. The van der Waals surface area contributed by atoms with Crippen LogP contribution in [-0.2, 0) is 49.6 Å². The summed E-state index contributed by atoms with van der Waals surface area (Å²) in [6, 6.07) is 71.9. The summed E-state index contributed by atoms with van der Waals surface area (Å²) in [6.07, 6.45) is 6.78. The Bertz CT molecular complexity index is 5830. The number of nitrogens with one attached hydrogen (secondary N) is 1. The van der Waals surface area contributed by atoms with Crippen molar-refractivity contribution < 1.29 is 211 Å². The van der Waals surface area contributed by atoms with E-state index in [0.29, 0.717) is 65.6 Å². The van der Waals surface area contributed by atoms with E-state index >= 15 is 0 Å². The van der Waals surface area contributed by atoms with Gasteiger partial charge in [-0.15, -0.1) is 0 Å². The van der Waals surface area contributed by atoms with Gasteiger partial charge in [0, 0.05) is 74.2 Å². The van der Waals surface area contributed by atoms with Crippen molar-refractivity contribution >= 4 is 117 Å². The standard InChI is InChI=1S/C21H21N3O2S.C18H15P.C17H20O4S.C16H18O4S.C11H14O4.C8H8O4.C6H8N2.C6H8OS.CH2O3.2K.H/c1-14(2)26-18-11-16(20-23-19-4-3-7-22-21(19)24-20)10-17(12-18)25-8-5-15-6-9-27-13-15;1-4-10-16(11-5-1)19(17-12-6-2-7-13-17)18-14-8-3-9-15-18;1-12(2)21-16-9-14(17(18)19-3)8-15(10-16)20-6-4-13-5-7-22-11-13;1-11(2)20-15-8-13(16(17)18)7-14(9-15)19-5-3-12-4-6-21-10-12;1-7(2)15-10-5-8(11(13)14-3)4-9(12)6-10;1-12-8(11)5-2-6(9)4-7(10)3-5;1-5-3-2-4-8-6(5)7;7-3-1-6-2-4-8-5-6;2-1-4-3;;;/h3-4,6-7,9-14H,5,8H2,1-2H3,(H,22,23,24);1-15H;5,7-12H,4,6H2,1-3H3;4,6-11H,3,5H2,1-2H3,(H,17,18);4-7,12H,1-3H3;2-4,9-10H,1H3;2-4H,1H3,(H2,7,8);2,4-5,7H,1,3H2;1,3H;;;/q;;;;;;;;;2*+1;-1/p-1. The molecule has 0 aliphatic rings. The number of aromatic hydroxyl groups is 3. The molecule has 7 aromatic heterocycles. The third-order valence-corrected chi connectivity index (χ3v) is 23.2. The van der Waals surface area contributed by atoms with E-state index in [9.17, 15) is 24.3 Å². The molecule has 7 heterocycles. The SMILES string of the molecule is CC(C)Oc1cc(OCCc2ccsc2)cc(-c2nc3ncccc3[nH]2)c1.CC(C)Oc1cc(OCCc2ccsc2)cc(C(=O)O)c1.COC(=O)c1cc(O)cc(O)c1.COC(=O)c1cc(O)cc(OC(C)C)c1.COC(=O)c1cc(OCCc2ccsc2)cc(OC(C)C)c1.Cc1cccnc1N.O=CO[O-].OCCc1ccsc1.[H-].[K+].[K+].c1ccc(P(c2ccccc2)c2ccccc2)cc1. The van der Waals surface area contributed by atoms with E-state index in [-0.39, 0.29) is 176 Å². The number of aromatic nitrogens is 4. The Morgan fingerprint density at radius 2 is 0.775 bits per heavy atom. The first kappa shape index (κ1) is 118. The van der Waals surface area contributed by atoms with Gasteiger partial charge in [0.2, 0.25) is 0 Å². The van der Waals surface area contributed by atoms with E-state index in [4.69, 9.17) is 74.1 Å². The number of thiophene rings is 4. The quantitative estimate of drug-likeness (QED) is 0.00403.